The number of alkyl halides is 3. The summed E-state index contributed by atoms with van der Waals surface area (Å²) in [5, 5.41) is 2.55. The Labute approximate surface area is 146 Å². The highest BCUT2D eigenvalue weighted by atomic mass is 19.4. The summed E-state index contributed by atoms with van der Waals surface area (Å²) in [4.78, 5) is 19.8. The van der Waals surface area contributed by atoms with E-state index in [1.165, 1.54) is 6.26 Å². The predicted octanol–water partition coefficient (Wildman–Crippen LogP) is 3.73. The maximum absolute atomic E-state index is 12.7. The quantitative estimate of drug-likeness (QED) is 0.752. The summed E-state index contributed by atoms with van der Waals surface area (Å²) in [5.41, 5.74) is 0.350. The third kappa shape index (κ3) is 4.27. The van der Waals surface area contributed by atoms with Gasteiger partial charge in [-0.05, 0) is 18.2 Å². The number of nitrogens with one attached hydrogen (secondary N) is 1. The van der Waals surface area contributed by atoms with E-state index in [9.17, 15) is 18.0 Å². The fraction of sp³-hybridized carbons (Fsp3) is 0.167. The van der Waals surface area contributed by atoms with Crippen LogP contribution in [0.2, 0.25) is 0 Å². The van der Waals surface area contributed by atoms with Crippen molar-refractivity contribution in [3.05, 3.63) is 71.9 Å². The molecule has 1 amide bonds. The molecule has 1 N–H and O–H groups in total. The van der Waals surface area contributed by atoms with Gasteiger partial charge < -0.3 is 9.73 Å². The molecule has 8 heteroatoms. The van der Waals surface area contributed by atoms with Crippen LogP contribution in [0.5, 0.6) is 0 Å². The molecule has 0 aliphatic heterocycles. The molecule has 1 aromatic carbocycles. The topological polar surface area (TPSA) is 68.0 Å². The van der Waals surface area contributed by atoms with Crippen molar-refractivity contribution in [3.8, 4) is 11.5 Å². The average molecular weight is 361 g/mol. The number of carbonyl (C=O) groups is 1. The van der Waals surface area contributed by atoms with Crippen LogP contribution in [-0.2, 0) is 12.6 Å². The molecule has 2 heterocycles. The predicted molar refractivity (Wildman–Crippen MR) is 87.2 cm³/mol. The van der Waals surface area contributed by atoms with Crippen LogP contribution in [0, 0.1) is 0 Å². The molecule has 0 bridgehead atoms. The van der Waals surface area contributed by atoms with Crippen molar-refractivity contribution in [2.45, 2.75) is 12.6 Å². The zero-order valence-electron chi connectivity index (χ0n) is 13.5. The summed E-state index contributed by atoms with van der Waals surface area (Å²) in [7, 11) is 0. The normalized spacial score (nSPS) is 11.3. The van der Waals surface area contributed by atoms with E-state index in [1.807, 2.05) is 30.3 Å². The maximum atomic E-state index is 12.7. The number of aromatic nitrogens is 2. The van der Waals surface area contributed by atoms with Gasteiger partial charge in [0.2, 0.25) is 5.89 Å². The molecule has 0 radical (unpaired) electrons. The number of hydrogen-bond donors (Lipinski definition) is 1. The Morgan fingerprint density at radius 1 is 1.15 bits per heavy atom. The van der Waals surface area contributed by atoms with Gasteiger partial charge in [0.05, 0.1) is 16.8 Å². The van der Waals surface area contributed by atoms with Gasteiger partial charge in [-0.2, -0.15) is 13.2 Å². The second-order valence-electron chi connectivity index (χ2n) is 5.48. The fourth-order valence-electron chi connectivity index (χ4n) is 2.26. The van der Waals surface area contributed by atoms with E-state index in [2.05, 4.69) is 15.3 Å². The molecular formula is C18H14F3N3O2. The average Bonchev–Trinajstić information content (AvgIpc) is 3.11. The third-order valence-electron chi connectivity index (χ3n) is 3.57. The van der Waals surface area contributed by atoms with Crippen molar-refractivity contribution in [2.24, 2.45) is 0 Å². The molecule has 2 aromatic heterocycles. The zero-order valence-corrected chi connectivity index (χ0v) is 13.5. The molecule has 134 valence electrons. The molecular weight excluding hydrogens is 347 g/mol. The second kappa shape index (κ2) is 7.38. The first-order valence-corrected chi connectivity index (χ1v) is 7.74. The van der Waals surface area contributed by atoms with Gasteiger partial charge in [0.1, 0.15) is 6.26 Å². The van der Waals surface area contributed by atoms with E-state index in [4.69, 9.17) is 4.42 Å². The minimum atomic E-state index is -4.54. The number of amides is 1. The Morgan fingerprint density at radius 3 is 2.65 bits per heavy atom. The molecule has 3 rings (SSSR count). The van der Waals surface area contributed by atoms with Gasteiger partial charge in [0, 0.05) is 30.9 Å². The summed E-state index contributed by atoms with van der Waals surface area (Å²) in [6.45, 7) is 0.204. The van der Waals surface area contributed by atoms with Crippen LogP contribution in [-0.4, -0.2) is 22.4 Å². The summed E-state index contributed by atoms with van der Waals surface area (Å²) < 4.78 is 43.4. The van der Waals surface area contributed by atoms with Gasteiger partial charge >= 0.3 is 6.18 Å². The van der Waals surface area contributed by atoms with Gasteiger partial charge in [-0.25, -0.2) is 4.98 Å². The van der Waals surface area contributed by atoms with Crippen molar-refractivity contribution in [1.29, 1.82) is 0 Å². The Kier molecular flexibility index (Phi) is 5.01. The van der Waals surface area contributed by atoms with E-state index in [-0.39, 0.29) is 12.1 Å². The molecule has 0 saturated heterocycles. The molecule has 0 unspecified atom stereocenters. The van der Waals surface area contributed by atoms with Crippen LogP contribution >= 0.6 is 0 Å². The Morgan fingerprint density at radius 2 is 1.92 bits per heavy atom. The number of benzene rings is 1. The summed E-state index contributed by atoms with van der Waals surface area (Å²) in [6, 6.07) is 10.1. The van der Waals surface area contributed by atoms with Gasteiger partial charge in [-0.1, -0.05) is 18.2 Å². The molecule has 0 aliphatic carbocycles. The van der Waals surface area contributed by atoms with E-state index < -0.39 is 17.6 Å². The third-order valence-corrected chi connectivity index (χ3v) is 3.57. The Bertz CT molecular complexity index is 892. The first kappa shape index (κ1) is 17.7. The standard InChI is InChI=1S/C18H14F3N3O2/c19-18(20,21)14-8-13(9-22-10-14)16(25)23-7-6-15-11-26-17(24-15)12-4-2-1-3-5-12/h1-5,8-11H,6-7H2,(H,23,25). The van der Waals surface area contributed by atoms with E-state index in [0.717, 1.165) is 17.8 Å². The van der Waals surface area contributed by atoms with Crippen LogP contribution < -0.4 is 5.32 Å². The fourth-order valence-corrected chi connectivity index (χ4v) is 2.26. The highest BCUT2D eigenvalue weighted by molar-refractivity contribution is 5.94. The molecule has 0 fully saturated rings. The lowest BCUT2D eigenvalue weighted by atomic mass is 10.2. The van der Waals surface area contributed by atoms with Crippen molar-refractivity contribution in [2.75, 3.05) is 6.54 Å². The van der Waals surface area contributed by atoms with Crippen LogP contribution in [0.4, 0.5) is 13.2 Å². The zero-order chi connectivity index (χ0) is 18.6. The number of nitrogens with zero attached hydrogens (tertiary/aromatic N) is 2. The molecule has 0 spiro atoms. The number of oxazole rings is 1. The molecule has 0 saturated carbocycles. The number of halogens is 3. The van der Waals surface area contributed by atoms with Crippen molar-refractivity contribution in [1.82, 2.24) is 15.3 Å². The second-order valence-corrected chi connectivity index (χ2v) is 5.48. The number of hydrogen-bond acceptors (Lipinski definition) is 4. The van der Waals surface area contributed by atoms with Crippen LogP contribution in [0.15, 0.2) is 59.5 Å². The highest BCUT2D eigenvalue weighted by Gasteiger charge is 2.31. The summed E-state index contributed by atoms with van der Waals surface area (Å²) in [5.74, 6) is -0.163. The van der Waals surface area contributed by atoms with Crippen LogP contribution in [0.3, 0.4) is 0 Å². The first-order valence-electron chi connectivity index (χ1n) is 7.74. The summed E-state index contributed by atoms with van der Waals surface area (Å²) >= 11 is 0. The minimum Gasteiger partial charge on any atom is -0.444 e. The Hall–Kier alpha value is -3.16. The largest absolute Gasteiger partial charge is 0.444 e. The van der Waals surface area contributed by atoms with Gasteiger partial charge in [0.25, 0.3) is 5.91 Å². The highest BCUT2D eigenvalue weighted by Crippen LogP contribution is 2.28. The first-order chi connectivity index (χ1) is 12.4. The molecule has 0 aliphatic rings. The smallest absolute Gasteiger partial charge is 0.417 e. The lowest BCUT2D eigenvalue weighted by Gasteiger charge is -2.08. The number of pyridine rings is 1. The Balaban J connectivity index is 1.57. The monoisotopic (exact) mass is 361 g/mol. The van der Waals surface area contributed by atoms with Crippen molar-refractivity contribution in [3.63, 3.8) is 0 Å². The van der Waals surface area contributed by atoms with E-state index in [0.29, 0.717) is 24.2 Å². The van der Waals surface area contributed by atoms with Crippen molar-refractivity contribution >= 4 is 5.91 Å². The van der Waals surface area contributed by atoms with Crippen molar-refractivity contribution < 1.29 is 22.4 Å². The molecule has 3 aromatic rings. The molecule has 5 nitrogen and oxygen atoms in total. The summed E-state index contributed by atoms with van der Waals surface area (Å²) in [6.07, 6.45) is -0.905. The number of rotatable bonds is 5. The lowest BCUT2D eigenvalue weighted by molar-refractivity contribution is -0.137. The van der Waals surface area contributed by atoms with Gasteiger partial charge in [0.15, 0.2) is 0 Å². The molecule has 0 atom stereocenters. The van der Waals surface area contributed by atoms with Gasteiger partial charge in [-0.3, -0.25) is 9.78 Å². The lowest BCUT2D eigenvalue weighted by Crippen LogP contribution is -2.26. The maximum Gasteiger partial charge on any atom is 0.417 e. The number of carbonyl (C=O) groups excluding carboxylic acids is 1. The van der Waals surface area contributed by atoms with E-state index >= 15 is 0 Å². The SMILES string of the molecule is O=C(NCCc1coc(-c2ccccc2)n1)c1cncc(C(F)(F)F)c1. The van der Waals surface area contributed by atoms with E-state index in [1.54, 1.807) is 0 Å². The minimum absolute atomic E-state index is 0.148. The van der Waals surface area contributed by atoms with Crippen LogP contribution in [0.25, 0.3) is 11.5 Å². The molecule has 26 heavy (non-hydrogen) atoms. The van der Waals surface area contributed by atoms with Crippen LogP contribution in [0.1, 0.15) is 21.6 Å². The van der Waals surface area contributed by atoms with Gasteiger partial charge in [-0.15, -0.1) is 0 Å².